The summed E-state index contributed by atoms with van der Waals surface area (Å²) in [6, 6.07) is 15.0. The fraction of sp³-hybridized carbons (Fsp3) is 0.304. The molecule has 0 spiro atoms. The number of aryl methyl sites for hydroxylation is 1. The van der Waals surface area contributed by atoms with E-state index in [0.29, 0.717) is 22.8 Å². The highest BCUT2D eigenvalue weighted by Crippen LogP contribution is 2.32. The molecule has 1 aromatic carbocycles. The number of hydrogen-bond donors (Lipinski definition) is 3. The summed E-state index contributed by atoms with van der Waals surface area (Å²) in [5.74, 6) is 1.39. The summed E-state index contributed by atoms with van der Waals surface area (Å²) >= 11 is 0. The molecule has 4 rings (SSSR count). The van der Waals surface area contributed by atoms with Gasteiger partial charge in [0.2, 0.25) is 0 Å². The monoisotopic (exact) mass is 428 g/mol. The van der Waals surface area contributed by atoms with Crippen molar-refractivity contribution in [1.82, 2.24) is 19.9 Å². The quantitative estimate of drug-likeness (QED) is 0.512. The van der Waals surface area contributed by atoms with Crippen molar-refractivity contribution in [2.24, 2.45) is 0 Å². The van der Waals surface area contributed by atoms with Crippen LogP contribution in [0.15, 0.2) is 48.7 Å². The number of nitrogens with one attached hydrogen (secondary N) is 1. The van der Waals surface area contributed by atoms with Crippen LogP contribution in [0.1, 0.15) is 48.1 Å². The van der Waals surface area contributed by atoms with Gasteiger partial charge in [0.05, 0.1) is 23.6 Å². The van der Waals surface area contributed by atoms with Gasteiger partial charge in [-0.15, -0.1) is 0 Å². The first-order chi connectivity index (χ1) is 15.5. The van der Waals surface area contributed by atoms with Crippen LogP contribution in [0.25, 0.3) is 0 Å². The smallest absolute Gasteiger partial charge is 0.423 e. The van der Waals surface area contributed by atoms with E-state index in [-0.39, 0.29) is 6.04 Å². The maximum atomic E-state index is 9.32. The number of nitrogens with zero attached hydrogens (tertiary/aromatic N) is 5. The number of aromatic nitrogens is 3. The van der Waals surface area contributed by atoms with Crippen LogP contribution in [0.4, 0.5) is 11.5 Å². The molecule has 3 N–H and O–H groups in total. The zero-order chi connectivity index (χ0) is 22.5. The van der Waals surface area contributed by atoms with Crippen LogP contribution >= 0.6 is 0 Å². The van der Waals surface area contributed by atoms with E-state index in [0.717, 1.165) is 49.3 Å². The van der Waals surface area contributed by atoms with Crippen molar-refractivity contribution in [3.05, 3.63) is 71.4 Å². The van der Waals surface area contributed by atoms with Gasteiger partial charge in [0.1, 0.15) is 23.4 Å². The van der Waals surface area contributed by atoms with Gasteiger partial charge < -0.3 is 15.4 Å². The number of pyridine rings is 1. The lowest BCUT2D eigenvalue weighted by Gasteiger charge is -2.35. The molecule has 2 aromatic heterocycles. The standard InChI is InChI=1S/C23H25BN6O2/c1-16-27-21(12-23(28-16)29-20-10-9-19(13-25)26-14-20)22-4-2-3-11-30(22)15-17-5-7-18(8-6-17)24(31)32/h5-10,12,14,22,31-32H,2-4,11,15H2,1H3,(H,27,28,29)/t22-/m1/s1. The Hall–Kier alpha value is -3.32. The molecule has 0 unspecified atom stereocenters. The van der Waals surface area contributed by atoms with E-state index < -0.39 is 7.12 Å². The van der Waals surface area contributed by atoms with Crippen molar-refractivity contribution in [3.63, 3.8) is 0 Å². The molecule has 8 nitrogen and oxygen atoms in total. The van der Waals surface area contributed by atoms with Gasteiger partial charge in [0.25, 0.3) is 0 Å². The fourth-order valence-corrected chi connectivity index (χ4v) is 4.05. The number of nitriles is 1. The Morgan fingerprint density at radius 2 is 1.97 bits per heavy atom. The predicted octanol–water partition coefficient (Wildman–Crippen LogP) is 2.20. The van der Waals surface area contributed by atoms with Crippen molar-refractivity contribution in [1.29, 1.82) is 5.26 Å². The van der Waals surface area contributed by atoms with Crippen LogP contribution < -0.4 is 10.8 Å². The lowest BCUT2D eigenvalue weighted by molar-refractivity contribution is 0.137. The van der Waals surface area contributed by atoms with Gasteiger partial charge >= 0.3 is 7.12 Å². The van der Waals surface area contributed by atoms with Gasteiger partial charge in [0.15, 0.2) is 0 Å². The Bertz CT molecular complexity index is 1100. The number of likely N-dealkylation sites (tertiary alicyclic amines) is 1. The van der Waals surface area contributed by atoms with E-state index in [1.807, 2.05) is 37.3 Å². The second-order valence-electron chi connectivity index (χ2n) is 7.99. The van der Waals surface area contributed by atoms with Crippen LogP contribution in [-0.4, -0.2) is 43.6 Å². The highest BCUT2D eigenvalue weighted by Gasteiger charge is 2.26. The van der Waals surface area contributed by atoms with Gasteiger partial charge in [-0.05, 0) is 49.5 Å². The minimum Gasteiger partial charge on any atom is -0.423 e. The Labute approximate surface area is 187 Å². The zero-order valence-electron chi connectivity index (χ0n) is 17.9. The van der Waals surface area contributed by atoms with E-state index >= 15 is 0 Å². The van der Waals surface area contributed by atoms with Gasteiger partial charge in [0, 0.05) is 12.6 Å². The predicted molar refractivity (Wildman–Crippen MR) is 122 cm³/mol. The number of rotatable bonds is 6. The van der Waals surface area contributed by atoms with Crippen LogP contribution in [0.3, 0.4) is 0 Å². The van der Waals surface area contributed by atoms with E-state index in [4.69, 9.17) is 10.2 Å². The van der Waals surface area contributed by atoms with Gasteiger partial charge in [-0.25, -0.2) is 15.0 Å². The van der Waals surface area contributed by atoms with Crippen molar-refractivity contribution < 1.29 is 10.0 Å². The van der Waals surface area contributed by atoms with E-state index in [9.17, 15) is 10.0 Å². The molecule has 3 aromatic rings. The second kappa shape index (κ2) is 9.87. The van der Waals surface area contributed by atoms with Crippen molar-refractivity contribution in [3.8, 4) is 6.07 Å². The van der Waals surface area contributed by atoms with Crippen LogP contribution in [0.2, 0.25) is 0 Å². The summed E-state index contributed by atoms with van der Waals surface area (Å²) in [5, 5.41) is 30.8. The summed E-state index contributed by atoms with van der Waals surface area (Å²) < 4.78 is 0. The molecule has 0 aliphatic carbocycles. The minimum absolute atomic E-state index is 0.174. The summed E-state index contributed by atoms with van der Waals surface area (Å²) in [7, 11) is -1.45. The SMILES string of the molecule is Cc1nc(Nc2ccc(C#N)nc2)cc([C@H]2CCCCN2Cc2ccc(B(O)O)cc2)n1. The third-order valence-corrected chi connectivity index (χ3v) is 5.63. The molecule has 9 heteroatoms. The van der Waals surface area contributed by atoms with Crippen molar-refractivity contribution in [2.75, 3.05) is 11.9 Å². The Morgan fingerprint density at radius 1 is 1.16 bits per heavy atom. The number of benzene rings is 1. The molecule has 1 saturated heterocycles. The molecule has 162 valence electrons. The molecule has 1 aliphatic heterocycles. The molecule has 0 saturated carbocycles. The van der Waals surface area contributed by atoms with E-state index in [1.54, 1.807) is 24.4 Å². The highest BCUT2D eigenvalue weighted by molar-refractivity contribution is 6.58. The van der Waals surface area contributed by atoms with Gasteiger partial charge in [-0.2, -0.15) is 5.26 Å². The first kappa shape index (κ1) is 21.9. The Kier molecular flexibility index (Phi) is 6.76. The largest absolute Gasteiger partial charge is 0.488 e. The molecule has 32 heavy (non-hydrogen) atoms. The molecule has 1 atom stereocenters. The first-order valence-corrected chi connectivity index (χ1v) is 10.7. The Morgan fingerprint density at radius 3 is 2.66 bits per heavy atom. The number of hydrogen-bond acceptors (Lipinski definition) is 8. The van der Waals surface area contributed by atoms with Crippen LogP contribution in [-0.2, 0) is 6.54 Å². The molecule has 0 bridgehead atoms. The molecular weight excluding hydrogens is 403 g/mol. The minimum atomic E-state index is -1.45. The normalized spacial score (nSPS) is 16.4. The average molecular weight is 428 g/mol. The third kappa shape index (κ3) is 5.29. The molecule has 3 heterocycles. The molecule has 0 amide bonds. The lowest BCUT2D eigenvalue weighted by atomic mass is 9.80. The number of piperidine rings is 1. The maximum absolute atomic E-state index is 9.32. The van der Waals surface area contributed by atoms with Gasteiger partial charge in [-0.1, -0.05) is 30.7 Å². The summed E-state index contributed by atoms with van der Waals surface area (Å²) in [4.78, 5) is 15.8. The number of anilines is 2. The van der Waals surface area contributed by atoms with Crippen molar-refractivity contribution >= 4 is 24.1 Å². The Balaban J connectivity index is 1.54. The van der Waals surface area contributed by atoms with E-state index in [2.05, 4.69) is 20.2 Å². The summed E-state index contributed by atoms with van der Waals surface area (Å²) in [6.45, 7) is 3.62. The van der Waals surface area contributed by atoms with Crippen LogP contribution in [0.5, 0.6) is 0 Å². The summed E-state index contributed by atoms with van der Waals surface area (Å²) in [6.07, 6.45) is 4.91. The lowest BCUT2D eigenvalue weighted by Crippen LogP contribution is -2.34. The topological polar surface area (TPSA) is 118 Å². The van der Waals surface area contributed by atoms with Gasteiger partial charge in [-0.3, -0.25) is 4.90 Å². The first-order valence-electron chi connectivity index (χ1n) is 10.7. The average Bonchev–Trinajstić information content (AvgIpc) is 2.80. The van der Waals surface area contributed by atoms with Crippen molar-refractivity contribution in [2.45, 2.75) is 38.8 Å². The highest BCUT2D eigenvalue weighted by atomic mass is 16.4. The maximum Gasteiger partial charge on any atom is 0.488 e. The molecular formula is C23H25BN6O2. The fourth-order valence-electron chi connectivity index (χ4n) is 4.05. The summed E-state index contributed by atoms with van der Waals surface area (Å²) in [5.41, 5.74) is 3.72. The second-order valence-corrected chi connectivity index (χ2v) is 7.99. The molecule has 1 aliphatic rings. The zero-order valence-corrected chi connectivity index (χ0v) is 17.9. The molecule has 0 radical (unpaired) electrons. The van der Waals surface area contributed by atoms with E-state index in [1.165, 1.54) is 0 Å². The third-order valence-electron chi connectivity index (χ3n) is 5.63. The van der Waals surface area contributed by atoms with Crippen LogP contribution in [0, 0.1) is 18.3 Å². The molecule has 1 fully saturated rings.